The number of hydrogen-bond acceptors (Lipinski definition) is 7. The van der Waals surface area contributed by atoms with Crippen LogP contribution in [0.1, 0.15) is 39.5 Å². The van der Waals surface area contributed by atoms with Crippen molar-refractivity contribution in [3.63, 3.8) is 0 Å². The molecule has 0 spiro atoms. The average molecular weight is 341 g/mol. The van der Waals surface area contributed by atoms with Gasteiger partial charge in [0.15, 0.2) is 5.78 Å². The first kappa shape index (κ1) is 20.2. The van der Waals surface area contributed by atoms with Gasteiger partial charge in [-0.3, -0.25) is 9.59 Å². The van der Waals surface area contributed by atoms with Gasteiger partial charge < -0.3 is 25.5 Å². The molecular weight excluding hydrogens is 314 g/mol. The minimum atomic E-state index is -1.52. The molecule has 0 aromatic heterocycles. The Kier molecular flexibility index (Phi) is 7.50. The van der Waals surface area contributed by atoms with Crippen LogP contribution in [0.4, 0.5) is 0 Å². The van der Waals surface area contributed by atoms with Crippen molar-refractivity contribution < 1.29 is 24.2 Å². The first-order valence-electron chi connectivity index (χ1n) is 8.13. The SMILES string of the molecule is CC(C)OC(=O)[C@H](CCC(=O)C=N)NC(=O)C1(O)CCN(C)CC1. The number of nitrogens with zero attached hydrogens (tertiary/aromatic N) is 1. The third-order valence-corrected chi connectivity index (χ3v) is 4.02. The quantitative estimate of drug-likeness (QED) is 0.418. The summed E-state index contributed by atoms with van der Waals surface area (Å²) in [6.07, 6.45) is 0.852. The standard InChI is InChI=1S/C16H27N3O5/c1-11(2)24-14(21)13(5-4-12(20)10-17)18-15(22)16(23)6-8-19(3)9-7-16/h10-11,13,17,23H,4-9H2,1-3H3,(H,18,22)/t13-/m0/s1. The van der Waals surface area contributed by atoms with Gasteiger partial charge in [-0.25, -0.2) is 4.79 Å². The predicted molar refractivity (Wildman–Crippen MR) is 87.9 cm³/mol. The van der Waals surface area contributed by atoms with Crippen molar-refractivity contribution in [3.8, 4) is 0 Å². The maximum atomic E-state index is 12.4. The van der Waals surface area contributed by atoms with Gasteiger partial charge in [0.2, 0.25) is 0 Å². The Morgan fingerprint density at radius 2 is 1.92 bits per heavy atom. The monoisotopic (exact) mass is 341 g/mol. The molecule has 0 unspecified atom stereocenters. The summed E-state index contributed by atoms with van der Waals surface area (Å²) in [6.45, 7) is 4.53. The van der Waals surface area contributed by atoms with Gasteiger partial charge in [0.25, 0.3) is 5.91 Å². The number of rotatable bonds is 8. The van der Waals surface area contributed by atoms with E-state index in [0.717, 1.165) is 0 Å². The molecule has 1 amide bonds. The molecule has 1 heterocycles. The normalized spacial score (nSPS) is 18.7. The first-order valence-corrected chi connectivity index (χ1v) is 8.13. The van der Waals surface area contributed by atoms with Crippen molar-refractivity contribution in [1.82, 2.24) is 10.2 Å². The second-order valence-corrected chi connectivity index (χ2v) is 6.50. The summed E-state index contributed by atoms with van der Waals surface area (Å²) < 4.78 is 5.10. The number of esters is 1. The van der Waals surface area contributed by atoms with Gasteiger partial charge in [0.1, 0.15) is 11.6 Å². The zero-order valence-electron chi connectivity index (χ0n) is 14.5. The Hall–Kier alpha value is -1.80. The van der Waals surface area contributed by atoms with Crippen LogP contribution in [0, 0.1) is 5.41 Å². The van der Waals surface area contributed by atoms with Crippen LogP contribution in [-0.2, 0) is 19.1 Å². The van der Waals surface area contributed by atoms with Crippen molar-refractivity contribution >= 4 is 23.9 Å². The van der Waals surface area contributed by atoms with Crippen molar-refractivity contribution in [2.45, 2.75) is 57.3 Å². The Morgan fingerprint density at radius 1 is 1.33 bits per heavy atom. The summed E-state index contributed by atoms with van der Waals surface area (Å²) in [7, 11) is 1.91. The number of nitrogens with one attached hydrogen (secondary N) is 2. The summed E-state index contributed by atoms with van der Waals surface area (Å²) in [4.78, 5) is 37.9. The number of ketones is 1. The van der Waals surface area contributed by atoms with Crippen molar-refractivity contribution in [2.75, 3.05) is 20.1 Å². The fourth-order valence-electron chi connectivity index (χ4n) is 2.43. The van der Waals surface area contributed by atoms with Gasteiger partial charge in [-0.05, 0) is 40.2 Å². The highest BCUT2D eigenvalue weighted by Gasteiger charge is 2.40. The Labute approximate surface area is 142 Å². The van der Waals surface area contributed by atoms with E-state index in [-0.39, 0.29) is 31.8 Å². The van der Waals surface area contributed by atoms with Crippen LogP contribution in [-0.4, -0.2) is 71.8 Å². The molecule has 0 aromatic carbocycles. The molecule has 24 heavy (non-hydrogen) atoms. The number of amides is 1. The van der Waals surface area contributed by atoms with Crippen LogP contribution >= 0.6 is 0 Å². The molecule has 1 aliphatic heterocycles. The Balaban J connectivity index is 2.74. The second kappa shape index (κ2) is 8.89. The summed E-state index contributed by atoms with van der Waals surface area (Å²) in [5.74, 6) is -1.71. The number of hydrogen-bond donors (Lipinski definition) is 3. The zero-order chi connectivity index (χ0) is 18.3. The van der Waals surface area contributed by atoms with Gasteiger partial charge in [-0.15, -0.1) is 0 Å². The molecule has 1 aliphatic rings. The van der Waals surface area contributed by atoms with Crippen molar-refractivity contribution in [3.05, 3.63) is 0 Å². The molecule has 0 aromatic rings. The van der Waals surface area contributed by atoms with E-state index in [2.05, 4.69) is 5.32 Å². The van der Waals surface area contributed by atoms with E-state index in [9.17, 15) is 19.5 Å². The minimum Gasteiger partial charge on any atom is -0.461 e. The Morgan fingerprint density at radius 3 is 2.42 bits per heavy atom. The highest BCUT2D eigenvalue weighted by molar-refractivity contribution is 6.26. The molecular formula is C16H27N3O5. The van der Waals surface area contributed by atoms with Crippen molar-refractivity contribution in [2.24, 2.45) is 0 Å². The highest BCUT2D eigenvalue weighted by atomic mass is 16.5. The number of carbonyl (C=O) groups excluding carboxylic acids is 3. The smallest absolute Gasteiger partial charge is 0.328 e. The fourth-order valence-corrected chi connectivity index (χ4v) is 2.43. The average Bonchev–Trinajstić information content (AvgIpc) is 2.52. The summed E-state index contributed by atoms with van der Waals surface area (Å²) in [6, 6.07) is -1.02. The van der Waals surface area contributed by atoms with E-state index >= 15 is 0 Å². The van der Waals surface area contributed by atoms with Crippen molar-refractivity contribution in [1.29, 1.82) is 5.41 Å². The molecule has 0 aliphatic carbocycles. The van der Waals surface area contributed by atoms with E-state index < -0.39 is 29.3 Å². The maximum Gasteiger partial charge on any atom is 0.328 e. The van der Waals surface area contributed by atoms with E-state index in [1.807, 2.05) is 11.9 Å². The van der Waals surface area contributed by atoms with Crippen LogP contribution in [0.2, 0.25) is 0 Å². The predicted octanol–water partition coefficient (Wildman–Crippen LogP) is -0.122. The van der Waals surface area contributed by atoms with Crippen LogP contribution in [0.5, 0.6) is 0 Å². The van der Waals surface area contributed by atoms with Gasteiger partial charge in [0.05, 0.1) is 12.3 Å². The van der Waals surface area contributed by atoms with Crippen LogP contribution < -0.4 is 5.32 Å². The summed E-state index contributed by atoms with van der Waals surface area (Å²) >= 11 is 0. The molecule has 0 saturated carbocycles. The molecule has 1 rings (SSSR count). The molecule has 0 bridgehead atoms. The molecule has 8 nitrogen and oxygen atoms in total. The lowest BCUT2D eigenvalue weighted by atomic mass is 9.90. The Bertz CT molecular complexity index is 484. The number of aliphatic hydroxyl groups is 1. The molecule has 1 saturated heterocycles. The molecule has 8 heteroatoms. The number of piperidine rings is 1. The van der Waals surface area contributed by atoms with Gasteiger partial charge in [-0.1, -0.05) is 0 Å². The highest BCUT2D eigenvalue weighted by Crippen LogP contribution is 2.22. The minimum absolute atomic E-state index is 0.0293. The number of carbonyl (C=O) groups is 3. The number of Topliss-reactive ketones (excluding diaryl/α,β-unsaturated/α-hetero) is 1. The van der Waals surface area contributed by atoms with E-state index in [1.165, 1.54) is 0 Å². The van der Waals surface area contributed by atoms with Crippen LogP contribution in [0.25, 0.3) is 0 Å². The van der Waals surface area contributed by atoms with Gasteiger partial charge in [0, 0.05) is 19.5 Å². The summed E-state index contributed by atoms with van der Waals surface area (Å²) in [5, 5.41) is 19.9. The van der Waals surface area contributed by atoms with E-state index in [0.29, 0.717) is 19.3 Å². The number of likely N-dealkylation sites (tertiary alicyclic amines) is 1. The number of ether oxygens (including phenoxy) is 1. The third-order valence-electron chi connectivity index (χ3n) is 4.02. The fraction of sp³-hybridized carbons (Fsp3) is 0.750. The van der Waals surface area contributed by atoms with Crippen LogP contribution in [0.15, 0.2) is 0 Å². The lowest BCUT2D eigenvalue weighted by Crippen LogP contribution is -2.56. The molecule has 3 N–H and O–H groups in total. The molecule has 0 radical (unpaired) electrons. The topological polar surface area (TPSA) is 120 Å². The largest absolute Gasteiger partial charge is 0.461 e. The molecule has 1 fully saturated rings. The first-order chi connectivity index (χ1) is 11.2. The van der Waals surface area contributed by atoms with Gasteiger partial charge >= 0.3 is 5.97 Å². The maximum absolute atomic E-state index is 12.4. The van der Waals surface area contributed by atoms with Gasteiger partial charge in [-0.2, -0.15) is 0 Å². The van der Waals surface area contributed by atoms with Crippen LogP contribution in [0.3, 0.4) is 0 Å². The van der Waals surface area contributed by atoms with E-state index in [4.69, 9.17) is 10.1 Å². The lowest BCUT2D eigenvalue weighted by molar-refractivity contribution is -0.155. The lowest BCUT2D eigenvalue weighted by Gasteiger charge is -2.36. The third kappa shape index (κ3) is 6.01. The summed E-state index contributed by atoms with van der Waals surface area (Å²) in [5.41, 5.74) is -1.52. The molecule has 136 valence electrons. The van der Waals surface area contributed by atoms with E-state index in [1.54, 1.807) is 13.8 Å². The molecule has 1 atom stereocenters. The zero-order valence-corrected chi connectivity index (χ0v) is 14.5. The second-order valence-electron chi connectivity index (χ2n) is 6.50.